The van der Waals surface area contributed by atoms with Crippen LogP contribution in [0.25, 0.3) is 10.9 Å². The van der Waals surface area contributed by atoms with Crippen LogP contribution in [0.1, 0.15) is 121 Å². The Hall–Kier alpha value is -10.3. The first-order valence-corrected chi connectivity index (χ1v) is 32.0. The third kappa shape index (κ3) is 34.6. The fourth-order valence-electron chi connectivity index (χ4n) is 9.72. The Bertz CT molecular complexity index is 3010. The lowest BCUT2D eigenvalue weighted by Crippen LogP contribution is -2.60. The van der Waals surface area contributed by atoms with Crippen LogP contribution in [0.2, 0.25) is 0 Å². The van der Waals surface area contributed by atoms with Gasteiger partial charge in [0.1, 0.15) is 48.3 Å². The first kappa shape index (κ1) is 82.8. The Balaban J connectivity index is 2.71. The first-order valence-electron chi connectivity index (χ1n) is 32.0. The number of primary amides is 1. The number of para-hydroxylation sites is 1. The van der Waals surface area contributed by atoms with Crippen molar-refractivity contribution in [1.29, 1.82) is 0 Å². The van der Waals surface area contributed by atoms with Crippen molar-refractivity contribution >= 4 is 99.8 Å². The molecule has 9 atom stereocenters. The van der Waals surface area contributed by atoms with Crippen molar-refractivity contribution in [1.82, 2.24) is 47.5 Å². The Morgan fingerprint density at radius 1 is 0.381 bits per heavy atom. The standard InChI is InChI=1S/C58H104N28O11/c59-23-5-3-15-36(79-45(88)34(61)13-7-25-73-54(63)64)46(89)80-37(16-4-6-24-60)50(93)86-43(30-32-31-78-35-14-2-1-12-33(32)35)52(95)83-39(18-9-27-75-56(67)68)48(91)84-41(21-22-44(62)87)51(94)82-38(17-8-26-74-55(65)66)47(90)81-40(19-10-28-76-57(69)70)49(92)85-42(53(96)97)20-11-29-77-58(71)72/h1-2,12,14,31,34,36-43,78H,3-11,13,15-30,59-61H2,(H2,62,87)(H,79,88)(H,80,89)(H,81,90)(H,82,94)(H,83,95)(H,84,91)(H,85,92)(H,86,93)(H,96,97)(H4,63,64,73)(H4,65,66,74)(H4,67,68,75)(H4,69,70,76)(H4,71,72,77)/t34-,36+,37+,38+,39-,40+,41+,42-,43+/m1/s1. The summed E-state index contributed by atoms with van der Waals surface area (Å²) in [6.07, 6.45) is 2.29. The number of nitrogens with zero attached hydrogens (tertiary/aromatic N) is 5. The molecule has 0 aliphatic rings. The largest absolute Gasteiger partial charge is 0.480 e. The highest BCUT2D eigenvalue weighted by atomic mass is 16.4. The van der Waals surface area contributed by atoms with E-state index in [4.69, 9.17) is 80.3 Å². The van der Waals surface area contributed by atoms with Crippen molar-refractivity contribution in [3.63, 3.8) is 0 Å². The number of benzene rings is 1. The Morgan fingerprint density at radius 2 is 0.680 bits per heavy atom. The van der Waals surface area contributed by atoms with Crippen LogP contribution in [-0.4, -0.2) is 199 Å². The molecule has 0 saturated carbocycles. The summed E-state index contributed by atoms with van der Waals surface area (Å²) in [5, 5.41) is 31.7. The molecule has 1 heterocycles. The second kappa shape index (κ2) is 45.9. The van der Waals surface area contributed by atoms with E-state index in [2.05, 4.69) is 72.5 Å². The van der Waals surface area contributed by atoms with Crippen LogP contribution >= 0.6 is 0 Å². The lowest BCUT2D eigenvalue weighted by atomic mass is 10.0. The maximum Gasteiger partial charge on any atom is 0.326 e. The molecule has 542 valence electrons. The zero-order valence-electron chi connectivity index (χ0n) is 54.8. The number of rotatable bonds is 50. The molecule has 0 spiro atoms. The molecule has 0 aliphatic heterocycles. The number of unbranched alkanes of at least 4 members (excludes halogenated alkanes) is 2. The van der Waals surface area contributed by atoms with E-state index >= 15 is 4.79 Å². The van der Waals surface area contributed by atoms with Gasteiger partial charge in [-0.1, -0.05) is 18.2 Å². The molecule has 2 rings (SSSR count). The topological polar surface area (TPSA) is 729 Å². The number of carboxylic acids is 1. The van der Waals surface area contributed by atoms with Crippen LogP contribution < -0.4 is 123 Å². The zero-order valence-corrected chi connectivity index (χ0v) is 54.8. The molecular formula is C58H104N28O11. The highest BCUT2D eigenvalue weighted by Gasteiger charge is 2.36. The van der Waals surface area contributed by atoms with Gasteiger partial charge >= 0.3 is 5.97 Å². The predicted molar refractivity (Wildman–Crippen MR) is 367 cm³/mol. The van der Waals surface area contributed by atoms with Crippen LogP contribution in [-0.2, 0) is 54.4 Å². The molecular weight excluding hydrogens is 1260 g/mol. The van der Waals surface area contributed by atoms with Crippen LogP contribution in [0, 0.1) is 0 Å². The third-order valence-electron chi connectivity index (χ3n) is 14.8. The van der Waals surface area contributed by atoms with Crippen molar-refractivity contribution in [2.75, 3.05) is 45.8 Å². The van der Waals surface area contributed by atoms with Gasteiger partial charge in [0.15, 0.2) is 29.8 Å². The number of carbonyl (C=O) groups excluding carboxylic acids is 9. The number of hydrogen-bond donors (Lipinski definition) is 24. The van der Waals surface area contributed by atoms with Crippen LogP contribution in [0.4, 0.5) is 0 Å². The number of aromatic amines is 1. The number of aromatic nitrogens is 1. The third-order valence-corrected chi connectivity index (χ3v) is 14.8. The first-order chi connectivity index (χ1) is 46.1. The average Bonchev–Trinajstić information content (AvgIpc) is 1.76. The van der Waals surface area contributed by atoms with E-state index in [0.29, 0.717) is 48.6 Å². The molecule has 97 heavy (non-hydrogen) atoms. The van der Waals surface area contributed by atoms with Crippen molar-refractivity contribution in [3.05, 3.63) is 36.0 Å². The summed E-state index contributed by atoms with van der Waals surface area (Å²) in [6.45, 7) is 0.621. The second-order valence-corrected chi connectivity index (χ2v) is 22.8. The van der Waals surface area contributed by atoms with E-state index in [1.165, 1.54) is 0 Å². The summed E-state index contributed by atoms with van der Waals surface area (Å²) in [6, 6.07) is -5.72. The van der Waals surface area contributed by atoms with E-state index in [1.807, 2.05) is 0 Å². The molecule has 0 fully saturated rings. The minimum atomic E-state index is -1.69. The number of nitrogens with two attached hydrogens (primary N) is 14. The molecule has 39 heteroatoms. The summed E-state index contributed by atoms with van der Waals surface area (Å²) < 4.78 is 0. The van der Waals surface area contributed by atoms with Crippen molar-refractivity contribution in [2.45, 2.75) is 176 Å². The SMILES string of the molecule is NCCCC[C@H](NC(=O)[C@H](N)CCCN=C(N)N)C(=O)N[C@@H](CCCCN)C(=O)N[C@@H](Cc1c[nH]c2ccccc12)C(=O)N[C@H](CCCN=C(N)N)C(=O)N[C@@H](CCC(N)=O)C(=O)N[C@@H](CCCN=C(N)N)C(=O)N[C@@H](CCCN=C(N)N)C(=O)N[C@H](CCCN=C(N)N)C(=O)O. The van der Waals surface area contributed by atoms with Gasteiger partial charge in [0.05, 0.1) is 6.04 Å². The van der Waals surface area contributed by atoms with Crippen LogP contribution in [0.15, 0.2) is 55.4 Å². The molecule has 1 aromatic carbocycles. The normalized spacial score (nSPS) is 13.7. The van der Waals surface area contributed by atoms with Gasteiger partial charge in [0.25, 0.3) is 0 Å². The minimum Gasteiger partial charge on any atom is -0.480 e. The lowest BCUT2D eigenvalue weighted by Gasteiger charge is -2.28. The molecule has 39 nitrogen and oxygen atoms in total. The van der Waals surface area contributed by atoms with Gasteiger partial charge in [-0.2, -0.15) is 0 Å². The summed E-state index contributed by atoms with van der Waals surface area (Å²) in [7, 11) is 0. The molecule has 1 aromatic heterocycles. The number of carbonyl (C=O) groups is 10. The van der Waals surface area contributed by atoms with Crippen LogP contribution in [0.3, 0.4) is 0 Å². The fraction of sp³-hybridized carbons (Fsp3) is 0.603. The highest BCUT2D eigenvalue weighted by Crippen LogP contribution is 2.20. The minimum absolute atomic E-state index is 0.0147. The van der Waals surface area contributed by atoms with Gasteiger partial charge in [-0.15, -0.1) is 0 Å². The van der Waals surface area contributed by atoms with E-state index in [9.17, 15) is 48.3 Å². The van der Waals surface area contributed by atoms with Crippen LogP contribution in [0.5, 0.6) is 0 Å². The zero-order chi connectivity index (χ0) is 72.4. The molecule has 0 saturated heterocycles. The quantitative estimate of drug-likeness (QED) is 0.0166. The van der Waals surface area contributed by atoms with E-state index in [1.54, 1.807) is 30.5 Å². The Kier molecular flexibility index (Phi) is 39.2. The van der Waals surface area contributed by atoms with E-state index in [0.717, 1.165) is 0 Å². The van der Waals surface area contributed by atoms with E-state index in [-0.39, 0.29) is 153 Å². The molecule has 9 amide bonds. The van der Waals surface area contributed by atoms with Crippen molar-refractivity contribution in [2.24, 2.45) is 105 Å². The lowest BCUT2D eigenvalue weighted by molar-refractivity contribution is -0.142. The molecule has 0 bridgehead atoms. The number of H-pyrrole nitrogens is 1. The molecule has 2 aromatic rings. The molecule has 38 N–H and O–H groups in total. The van der Waals surface area contributed by atoms with Gasteiger partial charge < -0.3 is 133 Å². The van der Waals surface area contributed by atoms with Crippen molar-refractivity contribution < 1.29 is 53.1 Å². The number of fused-ring (bicyclic) bond motifs is 1. The number of aliphatic imine (C=N–C) groups is 5. The smallest absolute Gasteiger partial charge is 0.326 e. The van der Waals surface area contributed by atoms with Gasteiger partial charge in [0.2, 0.25) is 53.2 Å². The average molecular weight is 1370 g/mol. The van der Waals surface area contributed by atoms with Gasteiger partial charge in [0, 0.05) is 62.7 Å². The summed E-state index contributed by atoms with van der Waals surface area (Å²) >= 11 is 0. The summed E-state index contributed by atoms with van der Waals surface area (Å²) in [4.78, 5) is 163. The Morgan fingerprint density at radius 3 is 1.03 bits per heavy atom. The molecule has 0 aliphatic carbocycles. The highest BCUT2D eigenvalue weighted by molar-refractivity contribution is 5.99. The number of aliphatic carboxylic acids is 1. The number of guanidine groups is 5. The fourth-order valence-corrected chi connectivity index (χ4v) is 9.72. The number of amides is 9. The molecule has 0 radical (unpaired) electrons. The maximum atomic E-state index is 15.0. The number of carboxylic acid groups (broad SMARTS) is 1. The summed E-state index contributed by atoms with van der Waals surface area (Å²) in [5.41, 5.74) is 79.6. The number of nitrogens with one attached hydrogen (secondary N) is 9. The summed E-state index contributed by atoms with van der Waals surface area (Å²) in [5.74, 6) is -10.7. The Labute approximate surface area is 562 Å². The van der Waals surface area contributed by atoms with Gasteiger partial charge in [-0.05, 0) is 134 Å². The van der Waals surface area contributed by atoms with E-state index < -0.39 is 126 Å². The monoisotopic (exact) mass is 1370 g/mol. The van der Waals surface area contributed by atoms with Gasteiger partial charge in [-0.25, -0.2) is 4.79 Å². The maximum absolute atomic E-state index is 15.0. The second-order valence-electron chi connectivity index (χ2n) is 22.8. The number of hydrogen-bond acceptors (Lipinski definition) is 18. The molecule has 0 unspecified atom stereocenters. The predicted octanol–water partition coefficient (Wildman–Crippen LogP) is -8.21. The van der Waals surface area contributed by atoms with Crippen molar-refractivity contribution in [3.8, 4) is 0 Å². The van der Waals surface area contributed by atoms with Gasteiger partial charge in [-0.3, -0.25) is 68.1 Å².